The second-order valence-electron chi connectivity index (χ2n) is 3.60. The molecule has 0 aromatic carbocycles. The molecule has 6 heteroatoms. The molecule has 0 aliphatic rings. The maximum Gasteiger partial charge on any atom is 0.228 e. The lowest BCUT2D eigenvalue weighted by Gasteiger charge is -2.00. The van der Waals surface area contributed by atoms with Crippen LogP contribution in [0.1, 0.15) is 38.1 Å². The number of hydrogen-bond acceptors (Lipinski definition) is 5. The SMILES string of the molecule is CCOCCC(=O)Nc1nnc(C(C)C)s1. The summed E-state index contributed by atoms with van der Waals surface area (Å²) < 4.78 is 5.09. The van der Waals surface area contributed by atoms with Gasteiger partial charge in [0.2, 0.25) is 11.0 Å². The van der Waals surface area contributed by atoms with Gasteiger partial charge in [0.25, 0.3) is 0 Å². The van der Waals surface area contributed by atoms with Crippen molar-refractivity contribution >= 4 is 22.4 Å². The van der Waals surface area contributed by atoms with E-state index in [2.05, 4.69) is 15.5 Å². The summed E-state index contributed by atoms with van der Waals surface area (Å²) in [7, 11) is 0. The molecular formula is C10H17N3O2S. The van der Waals surface area contributed by atoms with Gasteiger partial charge in [0.1, 0.15) is 5.01 Å². The molecule has 0 fully saturated rings. The van der Waals surface area contributed by atoms with Crippen molar-refractivity contribution in [1.29, 1.82) is 0 Å². The van der Waals surface area contributed by atoms with E-state index < -0.39 is 0 Å². The highest BCUT2D eigenvalue weighted by Gasteiger charge is 2.09. The van der Waals surface area contributed by atoms with E-state index in [0.29, 0.717) is 30.7 Å². The third kappa shape index (κ3) is 4.24. The van der Waals surface area contributed by atoms with Crippen molar-refractivity contribution in [2.24, 2.45) is 0 Å². The Balaban J connectivity index is 2.37. The normalized spacial score (nSPS) is 10.8. The van der Waals surface area contributed by atoms with Gasteiger partial charge in [-0.3, -0.25) is 4.79 Å². The summed E-state index contributed by atoms with van der Waals surface area (Å²) in [6.07, 6.45) is 0.352. The van der Waals surface area contributed by atoms with E-state index in [9.17, 15) is 4.79 Å². The number of anilines is 1. The van der Waals surface area contributed by atoms with E-state index in [1.807, 2.05) is 20.8 Å². The number of amides is 1. The number of ether oxygens (including phenoxy) is 1. The predicted octanol–water partition coefficient (Wildman–Crippen LogP) is 2.03. The van der Waals surface area contributed by atoms with Gasteiger partial charge in [0.15, 0.2) is 0 Å². The van der Waals surface area contributed by atoms with Crippen molar-refractivity contribution in [2.45, 2.75) is 33.1 Å². The molecule has 1 heterocycles. The van der Waals surface area contributed by atoms with Crippen LogP contribution in [0.2, 0.25) is 0 Å². The van der Waals surface area contributed by atoms with Crippen molar-refractivity contribution in [1.82, 2.24) is 10.2 Å². The molecule has 1 amide bonds. The van der Waals surface area contributed by atoms with Crippen LogP contribution in [0.15, 0.2) is 0 Å². The van der Waals surface area contributed by atoms with Gasteiger partial charge in [-0.15, -0.1) is 10.2 Å². The average molecular weight is 243 g/mol. The van der Waals surface area contributed by atoms with Gasteiger partial charge in [-0.05, 0) is 6.92 Å². The number of aromatic nitrogens is 2. The van der Waals surface area contributed by atoms with Gasteiger partial charge < -0.3 is 10.1 Å². The van der Waals surface area contributed by atoms with Gasteiger partial charge in [0.05, 0.1) is 13.0 Å². The van der Waals surface area contributed by atoms with Gasteiger partial charge in [-0.1, -0.05) is 25.2 Å². The van der Waals surface area contributed by atoms with Crippen LogP contribution < -0.4 is 5.32 Å². The Bertz CT molecular complexity index is 339. The lowest BCUT2D eigenvalue weighted by atomic mass is 10.2. The highest BCUT2D eigenvalue weighted by molar-refractivity contribution is 7.15. The Hall–Kier alpha value is -1.01. The van der Waals surface area contributed by atoms with Gasteiger partial charge in [-0.2, -0.15) is 0 Å². The minimum atomic E-state index is -0.0834. The van der Waals surface area contributed by atoms with Gasteiger partial charge >= 0.3 is 0 Å². The molecule has 0 radical (unpaired) electrons. The van der Waals surface area contributed by atoms with Crippen LogP contribution in [0.4, 0.5) is 5.13 Å². The zero-order valence-corrected chi connectivity index (χ0v) is 10.6. The molecule has 0 aliphatic carbocycles. The van der Waals surface area contributed by atoms with Crippen LogP contribution in [0.3, 0.4) is 0 Å². The highest BCUT2D eigenvalue weighted by atomic mass is 32.1. The van der Waals surface area contributed by atoms with E-state index in [1.54, 1.807) is 0 Å². The Kier molecular flexibility index (Phi) is 5.34. The molecule has 1 rings (SSSR count). The van der Waals surface area contributed by atoms with Crippen molar-refractivity contribution in [2.75, 3.05) is 18.5 Å². The minimum Gasteiger partial charge on any atom is -0.381 e. The lowest BCUT2D eigenvalue weighted by Crippen LogP contribution is -2.13. The van der Waals surface area contributed by atoms with E-state index >= 15 is 0 Å². The lowest BCUT2D eigenvalue weighted by molar-refractivity contribution is -0.117. The first-order chi connectivity index (χ1) is 7.63. The molecule has 0 bridgehead atoms. The summed E-state index contributed by atoms with van der Waals surface area (Å²) in [5, 5.41) is 12.1. The van der Waals surface area contributed by atoms with E-state index in [1.165, 1.54) is 11.3 Å². The Morgan fingerprint density at radius 1 is 1.50 bits per heavy atom. The molecule has 0 atom stereocenters. The molecule has 90 valence electrons. The van der Waals surface area contributed by atoms with Crippen LogP contribution in [-0.4, -0.2) is 29.3 Å². The summed E-state index contributed by atoms with van der Waals surface area (Å²) in [5.74, 6) is 0.256. The van der Waals surface area contributed by atoms with E-state index in [-0.39, 0.29) is 5.91 Å². The standard InChI is InChI=1S/C10H17N3O2S/c1-4-15-6-5-8(14)11-10-13-12-9(16-10)7(2)3/h7H,4-6H2,1-3H3,(H,11,13,14). The summed E-state index contributed by atoms with van der Waals surface area (Å²) in [6.45, 7) is 7.06. The second kappa shape index (κ2) is 6.55. The average Bonchev–Trinajstić information content (AvgIpc) is 2.66. The summed E-state index contributed by atoms with van der Waals surface area (Å²) in [4.78, 5) is 11.4. The van der Waals surface area contributed by atoms with Crippen molar-refractivity contribution in [3.05, 3.63) is 5.01 Å². The van der Waals surface area contributed by atoms with Crippen molar-refractivity contribution < 1.29 is 9.53 Å². The molecule has 16 heavy (non-hydrogen) atoms. The second-order valence-corrected chi connectivity index (χ2v) is 4.60. The molecule has 0 saturated heterocycles. The summed E-state index contributed by atoms with van der Waals surface area (Å²) >= 11 is 1.41. The molecule has 1 N–H and O–H groups in total. The van der Waals surface area contributed by atoms with Crippen LogP contribution in [-0.2, 0) is 9.53 Å². The Morgan fingerprint density at radius 2 is 2.25 bits per heavy atom. The molecule has 0 aliphatic heterocycles. The van der Waals surface area contributed by atoms with Gasteiger partial charge in [0, 0.05) is 12.5 Å². The first-order valence-corrected chi connectivity index (χ1v) is 6.16. The zero-order chi connectivity index (χ0) is 12.0. The monoisotopic (exact) mass is 243 g/mol. The third-order valence-corrected chi connectivity index (χ3v) is 3.00. The van der Waals surface area contributed by atoms with Gasteiger partial charge in [-0.25, -0.2) is 0 Å². The fourth-order valence-corrected chi connectivity index (χ4v) is 1.77. The summed E-state index contributed by atoms with van der Waals surface area (Å²) in [5.41, 5.74) is 0. The largest absolute Gasteiger partial charge is 0.381 e. The van der Waals surface area contributed by atoms with E-state index in [0.717, 1.165) is 5.01 Å². The smallest absolute Gasteiger partial charge is 0.228 e. The predicted molar refractivity (Wildman–Crippen MR) is 63.7 cm³/mol. The van der Waals surface area contributed by atoms with Crippen molar-refractivity contribution in [3.8, 4) is 0 Å². The quantitative estimate of drug-likeness (QED) is 0.776. The van der Waals surface area contributed by atoms with E-state index in [4.69, 9.17) is 4.74 Å². The molecule has 1 aromatic heterocycles. The fourth-order valence-electron chi connectivity index (χ4n) is 1.01. The first kappa shape index (κ1) is 13.1. The summed E-state index contributed by atoms with van der Waals surface area (Å²) in [6, 6.07) is 0. The number of carbonyl (C=O) groups is 1. The highest BCUT2D eigenvalue weighted by Crippen LogP contribution is 2.22. The molecule has 0 unspecified atom stereocenters. The zero-order valence-electron chi connectivity index (χ0n) is 9.82. The fraction of sp³-hybridized carbons (Fsp3) is 0.700. The number of hydrogen-bond donors (Lipinski definition) is 1. The Labute approximate surface area is 99.2 Å². The molecule has 5 nitrogen and oxygen atoms in total. The van der Waals surface area contributed by atoms with Crippen LogP contribution in [0.25, 0.3) is 0 Å². The molecule has 0 saturated carbocycles. The number of nitrogens with zero attached hydrogens (tertiary/aromatic N) is 2. The number of rotatable bonds is 6. The number of carbonyl (C=O) groups excluding carboxylic acids is 1. The molecular weight excluding hydrogens is 226 g/mol. The first-order valence-electron chi connectivity index (χ1n) is 5.34. The number of nitrogens with one attached hydrogen (secondary N) is 1. The molecule has 1 aromatic rings. The van der Waals surface area contributed by atoms with Crippen LogP contribution >= 0.6 is 11.3 Å². The third-order valence-electron chi connectivity index (χ3n) is 1.86. The maximum atomic E-state index is 11.4. The van der Waals surface area contributed by atoms with Crippen LogP contribution in [0.5, 0.6) is 0 Å². The van der Waals surface area contributed by atoms with Crippen LogP contribution in [0, 0.1) is 0 Å². The maximum absolute atomic E-state index is 11.4. The minimum absolute atomic E-state index is 0.0834. The van der Waals surface area contributed by atoms with Crippen molar-refractivity contribution in [3.63, 3.8) is 0 Å². The topological polar surface area (TPSA) is 64.1 Å². The Morgan fingerprint density at radius 3 is 2.81 bits per heavy atom. The molecule has 0 spiro atoms.